The molecule has 7 heteroatoms. The fourth-order valence-electron chi connectivity index (χ4n) is 4.41. The third kappa shape index (κ3) is 4.92. The van der Waals surface area contributed by atoms with Crippen LogP contribution in [0.15, 0.2) is 59.6 Å². The van der Waals surface area contributed by atoms with E-state index in [2.05, 4.69) is 19.6 Å². The second kappa shape index (κ2) is 10.6. The van der Waals surface area contributed by atoms with E-state index in [0.717, 1.165) is 35.5 Å². The minimum atomic E-state index is -0.712. The molecule has 0 radical (unpaired) electrons. The van der Waals surface area contributed by atoms with Crippen LogP contribution in [0.3, 0.4) is 0 Å². The SMILES string of the molecule is C=CC1=C(OC)C=C2C=CC(OC3CC(C(=O)OC)N(C(=O)OCCCC)C3)=CC2C1C. The van der Waals surface area contributed by atoms with Gasteiger partial charge < -0.3 is 18.9 Å². The molecule has 0 aromatic heterocycles. The summed E-state index contributed by atoms with van der Waals surface area (Å²) in [6.07, 6.45) is 11.1. The van der Waals surface area contributed by atoms with Gasteiger partial charge in [-0.3, -0.25) is 4.90 Å². The summed E-state index contributed by atoms with van der Waals surface area (Å²) in [7, 11) is 2.98. The van der Waals surface area contributed by atoms with Crippen molar-refractivity contribution >= 4 is 12.1 Å². The molecule has 7 nitrogen and oxygen atoms in total. The molecule has 174 valence electrons. The molecule has 2 aliphatic carbocycles. The monoisotopic (exact) mass is 443 g/mol. The first-order chi connectivity index (χ1) is 15.4. The summed E-state index contributed by atoms with van der Waals surface area (Å²) in [4.78, 5) is 26.2. The lowest BCUT2D eigenvalue weighted by Gasteiger charge is -2.32. The molecular formula is C25H33NO6. The van der Waals surface area contributed by atoms with Crippen LogP contribution in [-0.2, 0) is 23.7 Å². The van der Waals surface area contributed by atoms with Crippen molar-refractivity contribution in [3.63, 3.8) is 0 Å². The maximum absolute atomic E-state index is 12.5. The third-order valence-corrected chi connectivity index (χ3v) is 6.22. The smallest absolute Gasteiger partial charge is 0.410 e. The Kier molecular flexibility index (Phi) is 7.83. The highest BCUT2D eigenvalue weighted by atomic mass is 16.6. The Labute approximate surface area is 190 Å². The van der Waals surface area contributed by atoms with Crippen LogP contribution < -0.4 is 0 Å². The molecule has 1 amide bonds. The predicted molar refractivity (Wildman–Crippen MR) is 120 cm³/mol. The fraction of sp³-hybridized carbons (Fsp3) is 0.520. The van der Waals surface area contributed by atoms with Gasteiger partial charge in [-0.2, -0.15) is 0 Å². The lowest BCUT2D eigenvalue weighted by molar-refractivity contribution is -0.145. The highest BCUT2D eigenvalue weighted by Gasteiger charge is 2.42. The second-order valence-corrected chi connectivity index (χ2v) is 8.22. The van der Waals surface area contributed by atoms with Crippen LogP contribution >= 0.6 is 0 Å². The predicted octanol–water partition coefficient (Wildman–Crippen LogP) is 4.29. The second-order valence-electron chi connectivity index (χ2n) is 8.22. The molecule has 3 rings (SSSR count). The van der Waals surface area contributed by atoms with Gasteiger partial charge in [-0.15, -0.1) is 0 Å². The van der Waals surface area contributed by atoms with E-state index in [1.807, 2.05) is 31.2 Å². The fourth-order valence-corrected chi connectivity index (χ4v) is 4.41. The van der Waals surface area contributed by atoms with Gasteiger partial charge in [-0.05, 0) is 41.7 Å². The van der Waals surface area contributed by atoms with E-state index in [1.54, 1.807) is 7.11 Å². The van der Waals surface area contributed by atoms with E-state index in [1.165, 1.54) is 12.0 Å². The number of unbranched alkanes of at least 4 members (excludes halogenated alkanes) is 1. The van der Waals surface area contributed by atoms with E-state index in [9.17, 15) is 9.59 Å². The Morgan fingerprint density at radius 2 is 2.06 bits per heavy atom. The van der Waals surface area contributed by atoms with Gasteiger partial charge in [0.1, 0.15) is 23.7 Å². The number of carbonyl (C=O) groups is 2. The van der Waals surface area contributed by atoms with Gasteiger partial charge in [0.2, 0.25) is 0 Å². The first-order valence-electron chi connectivity index (χ1n) is 11.1. The Hall–Kier alpha value is -2.96. The summed E-state index contributed by atoms with van der Waals surface area (Å²) < 4.78 is 22.0. The van der Waals surface area contributed by atoms with Crippen molar-refractivity contribution in [1.29, 1.82) is 0 Å². The highest BCUT2D eigenvalue weighted by Crippen LogP contribution is 2.40. The maximum atomic E-state index is 12.5. The molecule has 32 heavy (non-hydrogen) atoms. The third-order valence-electron chi connectivity index (χ3n) is 6.22. The summed E-state index contributed by atoms with van der Waals surface area (Å²) in [5, 5.41) is 0. The molecule has 0 bridgehead atoms. The van der Waals surface area contributed by atoms with E-state index in [-0.39, 0.29) is 24.5 Å². The summed E-state index contributed by atoms with van der Waals surface area (Å²) in [5.41, 5.74) is 2.20. The van der Waals surface area contributed by atoms with Crippen molar-refractivity contribution in [2.45, 2.75) is 45.3 Å². The quantitative estimate of drug-likeness (QED) is 0.412. The van der Waals surface area contributed by atoms with Crippen LogP contribution in [0.5, 0.6) is 0 Å². The number of hydrogen-bond acceptors (Lipinski definition) is 6. The number of fused-ring (bicyclic) bond motifs is 1. The van der Waals surface area contributed by atoms with Gasteiger partial charge in [0.15, 0.2) is 0 Å². The molecule has 0 aromatic rings. The van der Waals surface area contributed by atoms with Crippen molar-refractivity contribution in [2.24, 2.45) is 11.8 Å². The zero-order valence-corrected chi connectivity index (χ0v) is 19.3. The Morgan fingerprint density at radius 3 is 2.72 bits per heavy atom. The van der Waals surface area contributed by atoms with Gasteiger partial charge in [0.25, 0.3) is 0 Å². The molecule has 0 saturated carbocycles. The molecule has 1 saturated heterocycles. The van der Waals surface area contributed by atoms with Crippen molar-refractivity contribution in [3.8, 4) is 0 Å². The average molecular weight is 444 g/mol. The van der Waals surface area contributed by atoms with E-state index in [4.69, 9.17) is 18.9 Å². The number of rotatable bonds is 8. The van der Waals surface area contributed by atoms with Gasteiger partial charge in [0.05, 0.1) is 27.4 Å². The summed E-state index contributed by atoms with van der Waals surface area (Å²) >= 11 is 0. The van der Waals surface area contributed by atoms with Crippen LogP contribution in [0, 0.1) is 11.8 Å². The Morgan fingerprint density at radius 1 is 1.28 bits per heavy atom. The number of likely N-dealkylation sites (tertiary alicyclic amines) is 1. The molecule has 0 aromatic carbocycles. The zero-order chi connectivity index (χ0) is 23.3. The van der Waals surface area contributed by atoms with Gasteiger partial charge in [-0.1, -0.05) is 39.0 Å². The average Bonchev–Trinajstić information content (AvgIpc) is 3.22. The zero-order valence-electron chi connectivity index (χ0n) is 19.3. The molecule has 0 spiro atoms. The first kappa shape index (κ1) is 23.7. The molecule has 3 aliphatic rings. The number of allylic oxidation sites excluding steroid dienone is 7. The van der Waals surface area contributed by atoms with Gasteiger partial charge in [0, 0.05) is 12.3 Å². The van der Waals surface area contributed by atoms with Crippen LogP contribution in [-0.4, -0.2) is 56.5 Å². The normalized spacial score (nSPS) is 26.7. The number of methoxy groups -OCH3 is 2. The summed E-state index contributed by atoms with van der Waals surface area (Å²) in [5.74, 6) is 1.40. The van der Waals surface area contributed by atoms with Crippen LogP contribution in [0.2, 0.25) is 0 Å². The topological polar surface area (TPSA) is 74.3 Å². The minimum absolute atomic E-state index is 0.134. The van der Waals surface area contributed by atoms with Crippen molar-refractivity contribution in [2.75, 3.05) is 27.4 Å². The number of nitrogens with zero attached hydrogens (tertiary/aromatic N) is 1. The molecule has 1 aliphatic heterocycles. The molecule has 0 N–H and O–H groups in total. The highest BCUT2D eigenvalue weighted by molar-refractivity contribution is 5.82. The number of carbonyl (C=O) groups excluding carboxylic acids is 2. The van der Waals surface area contributed by atoms with Crippen LogP contribution in [0.4, 0.5) is 4.79 Å². The summed E-state index contributed by atoms with van der Waals surface area (Å²) in [6.45, 7) is 8.68. The number of esters is 1. The van der Waals surface area contributed by atoms with Crippen LogP contribution in [0.1, 0.15) is 33.1 Å². The van der Waals surface area contributed by atoms with E-state index >= 15 is 0 Å². The van der Waals surface area contributed by atoms with E-state index < -0.39 is 18.1 Å². The number of amides is 1. The molecule has 1 heterocycles. The molecule has 1 fully saturated rings. The van der Waals surface area contributed by atoms with Gasteiger partial charge >= 0.3 is 12.1 Å². The van der Waals surface area contributed by atoms with Crippen molar-refractivity contribution in [1.82, 2.24) is 4.90 Å². The van der Waals surface area contributed by atoms with Crippen molar-refractivity contribution < 1.29 is 28.5 Å². The standard InChI is InChI=1S/C25H33NO6/c1-6-8-11-31-25(28)26-15-19(14-22(26)24(27)30-5)32-18-10-9-17-12-23(29-4)20(7-2)16(3)21(17)13-18/h7,9-10,12-13,16,19,21-22H,2,6,8,11,14-15H2,1,3-5H3. The number of hydrogen-bond donors (Lipinski definition) is 0. The lowest BCUT2D eigenvalue weighted by atomic mass is 9.75. The van der Waals surface area contributed by atoms with Gasteiger partial charge in [-0.25, -0.2) is 9.59 Å². The maximum Gasteiger partial charge on any atom is 0.410 e. The summed E-state index contributed by atoms with van der Waals surface area (Å²) in [6, 6.07) is -0.712. The minimum Gasteiger partial charge on any atom is -0.496 e. The van der Waals surface area contributed by atoms with Crippen LogP contribution in [0.25, 0.3) is 0 Å². The molecule has 4 unspecified atom stereocenters. The molecule has 4 atom stereocenters. The Balaban J connectivity index is 1.71. The largest absolute Gasteiger partial charge is 0.496 e. The lowest BCUT2D eigenvalue weighted by Crippen LogP contribution is -2.41. The number of ether oxygens (including phenoxy) is 4. The Bertz CT molecular complexity index is 868. The van der Waals surface area contributed by atoms with E-state index in [0.29, 0.717) is 13.0 Å². The van der Waals surface area contributed by atoms with Crippen molar-refractivity contribution in [3.05, 3.63) is 59.6 Å². The first-order valence-corrected chi connectivity index (χ1v) is 11.1. The molecular weight excluding hydrogens is 410 g/mol.